The largest absolute Gasteiger partial charge is 0.354 e. The van der Waals surface area contributed by atoms with Crippen molar-refractivity contribution in [2.24, 2.45) is 0 Å². The number of aromatic nitrogens is 1. The number of fused-ring (bicyclic) bond motifs is 1. The van der Waals surface area contributed by atoms with Gasteiger partial charge >= 0.3 is 0 Å². The molecule has 1 aliphatic rings. The van der Waals surface area contributed by atoms with Gasteiger partial charge in [-0.15, -0.1) is 0 Å². The predicted octanol–water partition coefficient (Wildman–Crippen LogP) is 1.71. The Balaban J connectivity index is 2.00. The van der Waals surface area contributed by atoms with Crippen LogP contribution in [0.1, 0.15) is 5.56 Å². The Kier molecular flexibility index (Phi) is 3.85. The maximum absolute atomic E-state index is 4.91. The second-order valence-corrected chi connectivity index (χ2v) is 5.48. The van der Waals surface area contributed by atoms with E-state index in [-0.39, 0.29) is 0 Å². The Morgan fingerprint density at radius 2 is 1.90 bits per heavy atom. The highest BCUT2D eigenvalue weighted by Crippen LogP contribution is 2.24. The summed E-state index contributed by atoms with van der Waals surface area (Å²) in [5.74, 6) is 1.14. The first-order valence-corrected chi connectivity index (χ1v) is 7.24. The van der Waals surface area contributed by atoms with E-state index in [1.807, 2.05) is 7.05 Å². The number of likely N-dealkylation sites (N-methyl/N-ethyl adjacent to an activating group) is 1. The van der Waals surface area contributed by atoms with Crippen LogP contribution in [0.15, 0.2) is 30.3 Å². The van der Waals surface area contributed by atoms with Crippen molar-refractivity contribution in [2.75, 3.05) is 45.2 Å². The van der Waals surface area contributed by atoms with Crippen LogP contribution in [0.5, 0.6) is 0 Å². The van der Waals surface area contributed by atoms with Crippen LogP contribution in [0.2, 0.25) is 0 Å². The fourth-order valence-corrected chi connectivity index (χ4v) is 2.76. The number of nitrogens with one attached hydrogen (secondary N) is 1. The number of nitrogens with zero attached hydrogens (tertiary/aromatic N) is 3. The Hall–Kier alpha value is -1.65. The van der Waals surface area contributed by atoms with Gasteiger partial charge in [-0.3, -0.25) is 0 Å². The van der Waals surface area contributed by atoms with Gasteiger partial charge in [-0.25, -0.2) is 4.98 Å². The van der Waals surface area contributed by atoms with Gasteiger partial charge < -0.3 is 15.1 Å². The third-order valence-corrected chi connectivity index (χ3v) is 3.95. The highest BCUT2D eigenvalue weighted by Gasteiger charge is 2.18. The van der Waals surface area contributed by atoms with Crippen LogP contribution >= 0.6 is 0 Å². The lowest BCUT2D eigenvalue weighted by Crippen LogP contribution is -2.45. The van der Waals surface area contributed by atoms with Crippen molar-refractivity contribution in [1.82, 2.24) is 15.2 Å². The Labute approximate surface area is 120 Å². The van der Waals surface area contributed by atoms with Crippen LogP contribution in [-0.4, -0.2) is 50.2 Å². The number of anilines is 1. The van der Waals surface area contributed by atoms with E-state index in [4.69, 9.17) is 4.98 Å². The van der Waals surface area contributed by atoms with E-state index in [0.717, 1.165) is 44.1 Å². The Morgan fingerprint density at radius 1 is 1.15 bits per heavy atom. The molecule has 0 bridgehead atoms. The van der Waals surface area contributed by atoms with E-state index in [2.05, 4.69) is 52.5 Å². The maximum Gasteiger partial charge on any atom is 0.133 e. The quantitative estimate of drug-likeness (QED) is 0.920. The van der Waals surface area contributed by atoms with Crippen LogP contribution in [-0.2, 0) is 6.54 Å². The molecule has 2 heterocycles. The highest BCUT2D eigenvalue weighted by molar-refractivity contribution is 5.81. The zero-order valence-corrected chi connectivity index (χ0v) is 12.3. The lowest BCUT2D eigenvalue weighted by atomic mass is 10.1. The molecule has 1 aromatic heterocycles. The lowest BCUT2D eigenvalue weighted by Gasteiger charge is -2.34. The summed E-state index contributed by atoms with van der Waals surface area (Å²) in [5, 5.41) is 4.48. The van der Waals surface area contributed by atoms with E-state index in [9.17, 15) is 0 Å². The van der Waals surface area contributed by atoms with Crippen LogP contribution in [0, 0.1) is 0 Å². The summed E-state index contributed by atoms with van der Waals surface area (Å²) < 4.78 is 0. The zero-order chi connectivity index (χ0) is 13.9. The molecule has 1 fully saturated rings. The molecular weight excluding hydrogens is 248 g/mol. The SMILES string of the molecule is CNCc1cc2ccccc2nc1N1CCN(C)CC1. The van der Waals surface area contributed by atoms with Gasteiger partial charge in [-0.05, 0) is 26.2 Å². The van der Waals surface area contributed by atoms with Crippen molar-refractivity contribution in [1.29, 1.82) is 0 Å². The number of piperazine rings is 1. The van der Waals surface area contributed by atoms with Crippen LogP contribution in [0.25, 0.3) is 10.9 Å². The van der Waals surface area contributed by atoms with E-state index < -0.39 is 0 Å². The van der Waals surface area contributed by atoms with Crippen LogP contribution < -0.4 is 10.2 Å². The molecule has 1 aliphatic heterocycles. The molecule has 0 unspecified atom stereocenters. The molecule has 0 atom stereocenters. The normalized spacial score (nSPS) is 16.8. The lowest BCUT2D eigenvalue weighted by molar-refractivity contribution is 0.312. The second kappa shape index (κ2) is 5.77. The third kappa shape index (κ3) is 2.62. The monoisotopic (exact) mass is 270 g/mol. The second-order valence-electron chi connectivity index (χ2n) is 5.48. The molecule has 0 saturated carbocycles. The minimum atomic E-state index is 0.861. The summed E-state index contributed by atoms with van der Waals surface area (Å²) in [4.78, 5) is 9.70. The van der Waals surface area contributed by atoms with Crippen LogP contribution in [0.4, 0.5) is 5.82 Å². The van der Waals surface area contributed by atoms with Gasteiger partial charge in [-0.2, -0.15) is 0 Å². The van der Waals surface area contributed by atoms with E-state index in [0.29, 0.717) is 0 Å². The van der Waals surface area contributed by atoms with Crippen molar-refractivity contribution >= 4 is 16.7 Å². The fraction of sp³-hybridized carbons (Fsp3) is 0.438. The molecule has 0 aliphatic carbocycles. The number of hydrogen-bond donors (Lipinski definition) is 1. The summed E-state index contributed by atoms with van der Waals surface area (Å²) in [6.45, 7) is 5.18. The van der Waals surface area contributed by atoms with Crippen molar-refractivity contribution in [3.05, 3.63) is 35.9 Å². The predicted molar refractivity (Wildman–Crippen MR) is 84.2 cm³/mol. The molecule has 1 aromatic carbocycles. The van der Waals surface area contributed by atoms with E-state index >= 15 is 0 Å². The first-order chi connectivity index (χ1) is 9.78. The number of para-hydroxylation sites is 1. The van der Waals surface area contributed by atoms with Gasteiger partial charge in [0.05, 0.1) is 5.52 Å². The van der Waals surface area contributed by atoms with E-state index in [1.165, 1.54) is 10.9 Å². The molecule has 4 heteroatoms. The van der Waals surface area contributed by atoms with Gasteiger partial charge in [0, 0.05) is 43.7 Å². The molecular formula is C16H22N4. The summed E-state index contributed by atoms with van der Waals surface area (Å²) >= 11 is 0. The molecule has 0 spiro atoms. The number of benzene rings is 1. The standard InChI is InChI=1S/C16H22N4/c1-17-12-14-11-13-5-3-4-6-15(13)18-16(14)20-9-7-19(2)8-10-20/h3-6,11,17H,7-10,12H2,1-2H3. The molecule has 1 N–H and O–H groups in total. The zero-order valence-electron chi connectivity index (χ0n) is 12.3. The highest BCUT2D eigenvalue weighted by atomic mass is 15.3. The van der Waals surface area contributed by atoms with Crippen molar-refractivity contribution in [3.63, 3.8) is 0 Å². The van der Waals surface area contributed by atoms with E-state index in [1.54, 1.807) is 0 Å². The molecule has 1 saturated heterocycles. The minimum absolute atomic E-state index is 0.861. The Morgan fingerprint density at radius 3 is 2.65 bits per heavy atom. The van der Waals surface area contributed by atoms with Crippen molar-refractivity contribution in [3.8, 4) is 0 Å². The van der Waals surface area contributed by atoms with Gasteiger partial charge in [-0.1, -0.05) is 18.2 Å². The number of pyridine rings is 1. The summed E-state index contributed by atoms with van der Waals surface area (Å²) in [5.41, 5.74) is 2.37. The van der Waals surface area contributed by atoms with Gasteiger partial charge in [0.2, 0.25) is 0 Å². The first-order valence-electron chi connectivity index (χ1n) is 7.24. The number of hydrogen-bond acceptors (Lipinski definition) is 4. The molecule has 20 heavy (non-hydrogen) atoms. The average molecular weight is 270 g/mol. The van der Waals surface area contributed by atoms with Gasteiger partial charge in [0.1, 0.15) is 5.82 Å². The summed E-state index contributed by atoms with van der Waals surface area (Å²) in [7, 11) is 4.17. The van der Waals surface area contributed by atoms with Crippen molar-refractivity contribution < 1.29 is 0 Å². The average Bonchev–Trinajstić information content (AvgIpc) is 2.48. The fourth-order valence-electron chi connectivity index (χ4n) is 2.76. The maximum atomic E-state index is 4.91. The third-order valence-electron chi connectivity index (χ3n) is 3.95. The molecule has 0 radical (unpaired) electrons. The molecule has 3 rings (SSSR count). The first kappa shape index (κ1) is 13.3. The molecule has 0 amide bonds. The smallest absolute Gasteiger partial charge is 0.133 e. The molecule has 4 nitrogen and oxygen atoms in total. The Bertz CT molecular complexity index is 588. The van der Waals surface area contributed by atoms with Crippen LogP contribution in [0.3, 0.4) is 0 Å². The summed E-state index contributed by atoms with van der Waals surface area (Å²) in [6, 6.07) is 10.6. The molecule has 2 aromatic rings. The topological polar surface area (TPSA) is 31.4 Å². The summed E-state index contributed by atoms with van der Waals surface area (Å²) in [6.07, 6.45) is 0. The van der Waals surface area contributed by atoms with Gasteiger partial charge in [0.15, 0.2) is 0 Å². The molecule has 106 valence electrons. The van der Waals surface area contributed by atoms with Crippen molar-refractivity contribution in [2.45, 2.75) is 6.54 Å². The van der Waals surface area contributed by atoms with Gasteiger partial charge in [0.25, 0.3) is 0 Å². The minimum Gasteiger partial charge on any atom is -0.354 e. The number of rotatable bonds is 3.